The number of halogens is 1. The molecule has 13 heteroatoms. The third-order valence-electron chi connectivity index (χ3n) is 6.01. The smallest absolute Gasteiger partial charge is 0.409 e. The van der Waals surface area contributed by atoms with E-state index in [1.54, 1.807) is 0 Å². The fourth-order valence-electron chi connectivity index (χ4n) is 3.87. The Labute approximate surface area is 202 Å². The van der Waals surface area contributed by atoms with Crippen molar-refractivity contribution in [3.63, 3.8) is 0 Å². The second-order valence-corrected chi connectivity index (χ2v) is 8.28. The number of aromatic nitrogens is 4. The van der Waals surface area contributed by atoms with E-state index in [2.05, 4.69) is 25.3 Å². The molecular weight excluding hydrogens is 473 g/mol. The van der Waals surface area contributed by atoms with E-state index in [1.165, 1.54) is 60.1 Å². The minimum atomic E-state index is -0.643. The summed E-state index contributed by atoms with van der Waals surface area (Å²) in [6, 6.07) is 5.72. The lowest BCUT2D eigenvalue weighted by Gasteiger charge is -2.35. The van der Waals surface area contributed by atoms with Gasteiger partial charge in [-0.05, 0) is 31.2 Å². The second kappa shape index (κ2) is 8.76. The lowest BCUT2D eigenvalue weighted by atomic mass is 10.0. The summed E-state index contributed by atoms with van der Waals surface area (Å²) in [5.41, 5.74) is 6.79. The van der Waals surface area contributed by atoms with Crippen LogP contribution in [0.5, 0.6) is 0 Å². The van der Waals surface area contributed by atoms with Crippen molar-refractivity contribution in [2.75, 3.05) is 25.5 Å². The minimum absolute atomic E-state index is 0.137. The molecule has 0 saturated carbocycles. The average Bonchev–Trinajstić information content (AvgIpc) is 3.47. The van der Waals surface area contributed by atoms with Crippen molar-refractivity contribution >= 4 is 29.1 Å². The Kier molecular flexibility index (Phi) is 5.59. The van der Waals surface area contributed by atoms with Crippen LogP contribution in [0, 0.1) is 12.7 Å². The Morgan fingerprint density at radius 1 is 1.25 bits per heavy atom. The average molecular weight is 493 g/mol. The third-order valence-corrected chi connectivity index (χ3v) is 6.01. The van der Waals surface area contributed by atoms with Crippen molar-refractivity contribution in [1.82, 2.24) is 24.7 Å². The number of fused-ring (bicyclic) bond motifs is 1. The third kappa shape index (κ3) is 4.00. The largest absolute Gasteiger partial charge is 0.453 e. The number of hydrogen-bond acceptors (Lipinski definition) is 8. The van der Waals surface area contributed by atoms with Gasteiger partial charge in [0.25, 0.3) is 5.91 Å². The maximum absolute atomic E-state index is 14.8. The van der Waals surface area contributed by atoms with E-state index in [0.29, 0.717) is 30.1 Å². The first kappa shape index (κ1) is 23.0. The number of likely N-dealkylation sites (tertiary alicyclic amines) is 1. The molecule has 1 fully saturated rings. The lowest BCUT2D eigenvalue weighted by Crippen LogP contribution is -2.48. The molecule has 4 heterocycles. The molecule has 0 bridgehead atoms. The summed E-state index contributed by atoms with van der Waals surface area (Å²) in [5.74, 6) is -1.48. The summed E-state index contributed by atoms with van der Waals surface area (Å²) in [4.78, 5) is 41.9. The molecule has 36 heavy (non-hydrogen) atoms. The van der Waals surface area contributed by atoms with E-state index in [1.807, 2.05) is 0 Å². The highest BCUT2D eigenvalue weighted by atomic mass is 19.1. The Morgan fingerprint density at radius 3 is 2.75 bits per heavy atom. The maximum Gasteiger partial charge on any atom is 0.409 e. The maximum atomic E-state index is 14.8. The SMILES string of the molecule is COC(=O)N1CC(c2nc(-c3cc(F)c(C)c(NC(=O)c4cnn5ccc(C(N)=O)cc45)c3)no2)C1. The van der Waals surface area contributed by atoms with E-state index in [0.717, 1.165) is 0 Å². The summed E-state index contributed by atoms with van der Waals surface area (Å²) in [7, 11) is 1.30. The van der Waals surface area contributed by atoms with Crippen LogP contribution in [0.2, 0.25) is 0 Å². The molecule has 1 aliphatic heterocycles. The van der Waals surface area contributed by atoms with Gasteiger partial charge in [0, 0.05) is 41.7 Å². The van der Waals surface area contributed by atoms with Gasteiger partial charge in [0.2, 0.25) is 17.6 Å². The first-order valence-electron chi connectivity index (χ1n) is 10.8. The van der Waals surface area contributed by atoms with Crippen LogP contribution >= 0.6 is 0 Å². The first-order valence-corrected chi connectivity index (χ1v) is 10.8. The number of primary amides is 1. The van der Waals surface area contributed by atoms with Gasteiger partial charge in [-0.2, -0.15) is 10.1 Å². The quantitative estimate of drug-likeness (QED) is 0.429. The van der Waals surface area contributed by atoms with Gasteiger partial charge in [-0.1, -0.05) is 5.16 Å². The van der Waals surface area contributed by atoms with Crippen molar-refractivity contribution in [2.45, 2.75) is 12.8 Å². The number of carbonyl (C=O) groups is 3. The molecule has 4 aromatic rings. The molecule has 184 valence electrons. The molecular formula is C23H20FN7O5. The zero-order valence-corrected chi connectivity index (χ0v) is 19.2. The van der Waals surface area contributed by atoms with Crippen LogP contribution in [0.15, 0.2) is 41.2 Å². The Hall–Kier alpha value is -4.81. The van der Waals surface area contributed by atoms with E-state index >= 15 is 0 Å². The van der Waals surface area contributed by atoms with Gasteiger partial charge in [0.15, 0.2) is 0 Å². The molecule has 1 aromatic carbocycles. The van der Waals surface area contributed by atoms with Gasteiger partial charge in [-0.3, -0.25) is 9.59 Å². The van der Waals surface area contributed by atoms with Crippen LogP contribution in [-0.4, -0.2) is 62.8 Å². The van der Waals surface area contributed by atoms with Crippen LogP contribution in [0.4, 0.5) is 14.9 Å². The van der Waals surface area contributed by atoms with Gasteiger partial charge >= 0.3 is 6.09 Å². The van der Waals surface area contributed by atoms with Gasteiger partial charge in [-0.25, -0.2) is 13.7 Å². The first-order chi connectivity index (χ1) is 17.2. The second-order valence-electron chi connectivity index (χ2n) is 8.28. The van der Waals surface area contributed by atoms with Crippen LogP contribution in [-0.2, 0) is 4.74 Å². The standard InChI is InChI=1S/C23H20FN7O5/c1-11-16(24)5-13(20-28-22(36-29-20)14-9-30(10-14)23(34)35-2)6-17(11)27-21(33)15-8-26-31-4-3-12(19(25)32)7-18(15)31/h3-8,14H,9-10H2,1-2H3,(H2,25,32)(H,27,33). The van der Waals surface area contributed by atoms with Crippen LogP contribution < -0.4 is 11.1 Å². The predicted octanol–water partition coefficient (Wildman–Crippen LogP) is 2.35. The molecule has 1 aliphatic rings. The number of nitrogens with zero attached hydrogens (tertiary/aromatic N) is 5. The molecule has 12 nitrogen and oxygen atoms in total. The Balaban J connectivity index is 1.39. The highest BCUT2D eigenvalue weighted by Crippen LogP contribution is 2.31. The Bertz CT molecular complexity index is 1520. The molecule has 0 spiro atoms. The zero-order valence-electron chi connectivity index (χ0n) is 19.2. The van der Waals surface area contributed by atoms with Crippen molar-refractivity contribution < 1.29 is 28.0 Å². The Morgan fingerprint density at radius 2 is 2.03 bits per heavy atom. The summed E-state index contributed by atoms with van der Waals surface area (Å²) < 4.78 is 26.2. The van der Waals surface area contributed by atoms with Crippen molar-refractivity contribution in [3.05, 3.63) is 65.1 Å². The summed E-state index contributed by atoms with van der Waals surface area (Å²) in [6.07, 6.45) is 2.41. The number of ether oxygens (including phenoxy) is 1. The fraction of sp³-hybridized carbons (Fsp3) is 0.217. The normalized spacial score (nSPS) is 13.5. The molecule has 3 N–H and O–H groups in total. The fourth-order valence-corrected chi connectivity index (χ4v) is 3.87. The molecule has 5 rings (SSSR count). The summed E-state index contributed by atoms with van der Waals surface area (Å²) in [5, 5.41) is 10.7. The van der Waals surface area contributed by atoms with E-state index in [-0.39, 0.29) is 34.1 Å². The predicted molar refractivity (Wildman–Crippen MR) is 123 cm³/mol. The number of anilines is 1. The van der Waals surface area contributed by atoms with Gasteiger partial charge in [-0.15, -0.1) is 0 Å². The van der Waals surface area contributed by atoms with Gasteiger partial charge in [0.05, 0.1) is 30.3 Å². The topological polar surface area (TPSA) is 158 Å². The summed E-state index contributed by atoms with van der Waals surface area (Å²) >= 11 is 0. The number of benzene rings is 1. The van der Waals surface area contributed by atoms with Crippen LogP contribution in [0.3, 0.4) is 0 Å². The molecule has 3 amide bonds. The number of hydrogen-bond donors (Lipinski definition) is 2. The van der Waals surface area contributed by atoms with Crippen molar-refractivity contribution in [3.8, 4) is 11.4 Å². The van der Waals surface area contributed by atoms with Crippen molar-refractivity contribution in [2.24, 2.45) is 5.73 Å². The lowest BCUT2D eigenvalue weighted by molar-refractivity contribution is 0.0804. The molecule has 1 saturated heterocycles. The monoisotopic (exact) mass is 493 g/mol. The number of methoxy groups -OCH3 is 1. The number of nitrogens with two attached hydrogens (primary N) is 1. The molecule has 0 atom stereocenters. The van der Waals surface area contributed by atoms with Gasteiger partial charge < -0.3 is 25.2 Å². The molecule has 0 radical (unpaired) electrons. The van der Waals surface area contributed by atoms with E-state index in [4.69, 9.17) is 10.3 Å². The molecule has 0 aliphatic carbocycles. The number of pyridine rings is 1. The molecule has 0 unspecified atom stereocenters. The van der Waals surface area contributed by atoms with E-state index < -0.39 is 23.7 Å². The van der Waals surface area contributed by atoms with Crippen LogP contribution in [0.1, 0.15) is 38.1 Å². The number of carbonyl (C=O) groups excluding carboxylic acids is 3. The highest BCUT2D eigenvalue weighted by molar-refractivity contribution is 6.10. The van der Waals surface area contributed by atoms with Crippen LogP contribution in [0.25, 0.3) is 16.9 Å². The molecule has 3 aromatic heterocycles. The number of rotatable bonds is 5. The number of nitrogens with one attached hydrogen (secondary N) is 1. The summed E-state index contributed by atoms with van der Waals surface area (Å²) in [6.45, 7) is 2.26. The highest BCUT2D eigenvalue weighted by Gasteiger charge is 2.36. The van der Waals surface area contributed by atoms with E-state index in [9.17, 15) is 18.8 Å². The van der Waals surface area contributed by atoms with Gasteiger partial charge in [0.1, 0.15) is 5.82 Å². The minimum Gasteiger partial charge on any atom is -0.453 e. The number of amides is 3. The zero-order chi connectivity index (χ0) is 25.6. The van der Waals surface area contributed by atoms with Crippen molar-refractivity contribution in [1.29, 1.82) is 0 Å².